The maximum absolute atomic E-state index is 13.1. The Labute approximate surface area is 208 Å². The van der Waals surface area contributed by atoms with Crippen LogP contribution in [-0.2, 0) is 22.3 Å². The third kappa shape index (κ3) is 7.33. The van der Waals surface area contributed by atoms with Gasteiger partial charge in [-0.15, -0.1) is 0 Å². The van der Waals surface area contributed by atoms with Gasteiger partial charge in [0.25, 0.3) is 0 Å². The summed E-state index contributed by atoms with van der Waals surface area (Å²) in [6.07, 6.45) is 4.55. The number of anilines is 2. The molecule has 1 unspecified atom stereocenters. The van der Waals surface area contributed by atoms with Gasteiger partial charge in [-0.1, -0.05) is 48.5 Å². The van der Waals surface area contributed by atoms with E-state index in [0.29, 0.717) is 23.6 Å². The van der Waals surface area contributed by atoms with Crippen molar-refractivity contribution in [3.63, 3.8) is 0 Å². The molecule has 3 aromatic carbocycles. The van der Waals surface area contributed by atoms with Gasteiger partial charge in [-0.2, -0.15) is 0 Å². The van der Waals surface area contributed by atoms with Gasteiger partial charge in [0, 0.05) is 6.42 Å². The van der Waals surface area contributed by atoms with Gasteiger partial charge in [0.15, 0.2) is 6.29 Å². The number of aryl methyl sites for hydroxylation is 2. The Bertz CT molecular complexity index is 1110. The van der Waals surface area contributed by atoms with Gasteiger partial charge < -0.3 is 19.5 Å². The van der Waals surface area contributed by atoms with Crippen LogP contribution in [-0.4, -0.2) is 24.5 Å². The maximum atomic E-state index is 13.1. The van der Waals surface area contributed by atoms with Crippen LogP contribution in [0.15, 0.2) is 72.8 Å². The van der Waals surface area contributed by atoms with Gasteiger partial charge >= 0.3 is 5.97 Å². The average molecular weight is 474 g/mol. The lowest BCUT2D eigenvalue weighted by atomic mass is 10.0. The first-order valence-corrected chi connectivity index (χ1v) is 12.4. The van der Waals surface area contributed by atoms with Gasteiger partial charge in [0.05, 0.1) is 23.5 Å². The summed E-state index contributed by atoms with van der Waals surface area (Å²) in [6, 6.07) is 24.1. The van der Waals surface area contributed by atoms with E-state index in [1.54, 1.807) is 0 Å². The van der Waals surface area contributed by atoms with E-state index >= 15 is 0 Å². The number of carbonyl (C=O) groups is 1. The number of esters is 1. The van der Waals surface area contributed by atoms with Gasteiger partial charge in [0.2, 0.25) is 0 Å². The molecule has 4 rings (SSSR count). The Morgan fingerprint density at radius 3 is 2.40 bits per heavy atom. The first-order valence-electron chi connectivity index (χ1n) is 12.4. The third-order valence-electron chi connectivity index (χ3n) is 5.80. The number of para-hydroxylation sites is 2. The summed E-state index contributed by atoms with van der Waals surface area (Å²) in [6.45, 7) is 6.34. The molecule has 0 bridgehead atoms. The topological polar surface area (TPSA) is 56.8 Å². The molecule has 1 N–H and O–H groups in total. The number of hydrogen-bond acceptors (Lipinski definition) is 5. The lowest BCUT2D eigenvalue weighted by Crippen LogP contribution is -2.25. The summed E-state index contributed by atoms with van der Waals surface area (Å²) in [5, 5.41) is 3.45. The molecule has 1 saturated heterocycles. The predicted molar refractivity (Wildman–Crippen MR) is 139 cm³/mol. The summed E-state index contributed by atoms with van der Waals surface area (Å²) >= 11 is 0. The minimum absolute atomic E-state index is 0.255. The molecule has 35 heavy (non-hydrogen) atoms. The maximum Gasteiger partial charge on any atom is 0.340 e. The number of hydrogen-bond donors (Lipinski definition) is 1. The summed E-state index contributed by atoms with van der Waals surface area (Å²) in [5.41, 5.74) is 3.81. The fourth-order valence-corrected chi connectivity index (χ4v) is 4.06. The van der Waals surface area contributed by atoms with Gasteiger partial charge in [-0.3, -0.25) is 0 Å². The van der Waals surface area contributed by atoms with Gasteiger partial charge in [0.1, 0.15) is 11.4 Å². The molecule has 1 heterocycles. The SMILES string of the molecule is CC(C)(C)OC(=O)c1ccc(CCc2ccccc2)cc1Nc1ccccc1OC1CCCCO1. The molecule has 1 aliphatic heterocycles. The minimum Gasteiger partial charge on any atom is -0.463 e. The highest BCUT2D eigenvalue weighted by atomic mass is 16.7. The molecule has 0 spiro atoms. The van der Waals surface area contributed by atoms with Crippen LogP contribution in [0.1, 0.15) is 61.5 Å². The quantitative estimate of drug-likeness (QED) is 0.354. The molecule has 1 fully saturated rings. The first kappa shape index (κ1) is 24.8. The van der Waals surface area contributed by atoms with Crippen molar-refractivity contribution >= 4 is 17.3 Å². The van der Waals surface area contributed by atoms with Crippen molar-refractivity contribution in [2.75, 3.05) is 11.9 Å². The van der Waals surface area contributed by atoms with E-state index in [1.807, 2.05) is 69.3 Å². The smallest absolute Gasteiger partial charge is 0.340 e. The van der Waals surface area contributed by atoms with Crippen molar-refractivity contribution in [2.45, 2.75) is 64.8 Å². The molecule has 0 aliphatic carbocycles. The van der Waals surface area contributed by atoms with Crippen LogP contribution >= 0.6 is 0 Å². The summed E-state index contributed by atoms with van der Waals surface area (Å²) in [5.74, 6) is 0.341. The number of rotatable bonds is 8. The van der Waals surface area contributed by atoms with Crippen LogP contribution in [0.5, 0.6) is 5.75 Å². The van der Waals surface area contributed by atoms with Crippen LogP contribution in [0.2, 0.25) is 0 Å². The molecule has 0 saturated carbocycles. The minimum atomic E-state index is -0.584. The Kier molecular flexibility index (Phi) is 8.09. The van der Waals surface area contributed by atoms with Crippen LogP contribution in [0.4, 0.5) is 11.4 Å². The highest BCUT2D eigenvalue weighted by Gasteiger charge is 2.22. The second-order valence-corrected chi connectivity index (χ2v) is 9.90. The van der Waals surface area contributed by atoms with E-state index < -0.39 is 5.60 Å². The summed E-state index contributed by atoms with van der Waals surface area (Å²) in [4.78, 5) is 13.1. The molecule has 5 heteroatoms. The van der Waals surface area contributed by atoms with Crippen LogP contribution in [0.25, 0.3) is 0 Å². The Morgan fingerprint density at radius 2 is 1.66 bits per heavy atom. The van der Waals surface area contributed by atoms with Crippen molar-refractivity contribution in [1.82, 2.24) is 0 Å². The molecule has 3 aromatic rings. The van der Waals surface area contributed by atoms with E-state index in [0.717, 1.165) is 43.4 Å². The van der Waals surface area contributed by atoms with Crippen molar-refractivity contribution < 1.29 is 19.0 Å². The Balaban J connectivity index is 1.60. The monoisotopic (exact) mass is 473 g/mol. The Hall–Kier alpha value is -3.31. The second-order valence-electron chi connectivity index (χ2n) is 9.90. The van der Waals surface area contributed by atoms with Crippen LogP contribution < -0.4 is 10.1 Å². The van der Waals surface area contributed by atoms with Gasteiger partial charge in [-0.25, -0.2) is 4.79 Å². The van der Waals surface area contributed by atoms with E-state index in [4.69, 9.17) is 14.2 Å². The normalized spacial score (nSPS) is 15.9. The van der Waals surface area contributed by atoms with Crippen LogP contribution in [0, 0.1) is 0 Å². The molecule has 1 aliphatic rings. The molecule has 1 atom stereocenters. The number of carbonyl (C=O) groups excluding carboxylic acids is 1. The highest BCUT2D eigenvalue weighted by molar-refractivity contribution is 5.97. The van der Waals surface area contributed by atoms with Crippen molar-refractivity contribution in [3.8, 4) is 5.75 Å². The Morgan fingerprint density at radius 1 is 0.914 bits per heavy atom. The standard InChI is InChI=1S/C30H35NO4/c1-30(2,3)35-29(32)24-19-18-23(17-16-22-11-5-4-6-12-22)21-26(24)31-25-13-7-8-14-27(25)34-28-15-9-10-20-33-28/h4-8,11-14,18-19,21,28,31H,9-10,15-17,20H2,1-3H3. The molecular formula is C30H35NO4. The molecule has 184 valence electrons. The number of nitrogens with one attached hydrogen (secondary N) is 1. The van der Waals surface area contributed by atoms with Crippen molar-refractivity contribution in [3.05, 3.63) is 89.5 Å². The van der Waals surface area contributed by atoms with E-state index in [9.17, 15) is 4.79 Å². The van der Waals surface area contributed by atoms with E-state index in [1.165, 1.54) is 5.56 Å². The van der Waals surface area contributed by atoms with Gasteiger partial charge in [-0.05, 0) is 81.8 Å². The van der Waals surface area contributed by atoms with E-state index in [2.05, 4.69) is 29.6 Å². The second kappa shape index (κ2) is 11.4. The molecule has 0 radical (unpaired) electrons. The fraction of sp³-hybridized carbons (Fsp3) is 0.367. The predicted octanol–water partition coefficient (Wildman–Crippen LogP) is 7.08. The van der Waals surface area contributed by atoms with E-state index in [-0.39, 0.29) is 12.3 Å². The lowest BCUT2D eigenvalue weighted by Gasteiger charge is -2.25. The third-order valence-corrected chi connectivity index (χ3v) is 5.80. The zero-order chi connectivity index (χ0) is 24.7. The molecule has 0 amide bonds. The van der Waals surface area contributed by atoms with Crippen molar-refractivity contribution in [1.29, 1.82) is 0 Å². The summed E-state index contributed by atoms with van der Waals surface area (Å²) < 4.78 is 17.6. The zero-order valence-corrected chi connectivity index (χ0v) is 20.9. The zero-order valence-electron chi connectivity index (χ0n) is 20.9. The van der Waals surface area contributed by atoms with Crippen molar-refractivity contribution in [2.24, 2.45) is 0 Å². The van der Waals surface area contributed by atoms with Crippen LogP contribution in [0.3, 0.4) is 0 Å². The summed E-state index contributed by atoms with van der Waals surface area (Å²) in [7, 11) is 0. The molecule has 0 aromatic heterocycles. The molecular weight excluding hydrogens is 438 g/mol. The molecule has 5 nitrogen and oxygen atoms in total. The first-order chi connectivity index (χ1) is 16.9. The fourth-order valence-electron chi connectivity index (χ4n) is 4.06. The highest BCUT2D eigenvalue weighted by Crippen LogP contribution is 2.32. The number of benzene rings is 3. The number of ether oxygens (including phenoxy) is 3. The largest absolute Gasteiger partial charge is 0.463 e. The average Bonchev–Trinajstić information content (AvgIpc) is 2.84. The lowest BCUT2D eigenvalue weighted by molar-refractivity contribution is -0.105.